The molecule has 142 valence electrons. The third-order valence-corrected chi connectivity index (χ3v) is 3.81. The smallest absolute Gasteiger partial charge is 0.471 e. The fourth-order valence-electron chi connectivity index (χ4n) is 2.56. The van der Waals surface area contributed by atoms with Gasteiger partial charge >= 0.3 is 18.1 Å². The van der Waals surface area contributed by atoms with Crippen LogP contribution >= 0.6 is 0 Å². The van der Waals surface area contributed by atoms with Gasteiger partial charge in [0.15, 0.2) is 0 Å². The molecule has 3 aromatic rings. The van der Waals surface area contributed by atoms with E-state index in [0.29, 0.717) is 22.2 Å². The summed E-state index contributed by atoms with van der Waals surface area (Å²) in [6, 6.07) is 14.0. The number of halogens is 3. The van der Waals surface area contributed by atoms with Crippen molar-refractivity contribution in [3.63, 3.8) is 0 Å². The standard InChI is InChI=1S/C20H13F3N2O3/c21-20(22,23)19(28)25-13-5-3-4-12(10-13)8-9-14-11-16(18(26)27)15-6-1-2-7-17(15)24-14/h1-11H,(H,25,28)(H,26,27)/b9-8+. The molecule has 1 heterocycles. The molecule has 8 heteroatoms. The van der Waals surface area contributed by atoms with Gasteiger partial charge < -0.3 is 10.4 Å². The van der Waals surface area contributed by atoms with Crippen molar-refractivity contribution >= 4 is 40.6 Å². The lowest BCUT2D eigenvalue weighted by Gasteiger charge is -2.08. The van der Waals surface area contributed by atoms with Crippen molar-refractivity contribution in [1.82, 2.24) is 4.98 Å². The number of para-hydroxylation sites is 1. The molecule has 28 heavy (non-hydrogen) atoms. The quantitative estimate of drug-likeness (QED) is 0.687. The Hall–Kier alpha value is -3.68. The molecule has 2 aromatic carbocycles. The second-order valence-corrected chi connectivity index (χ2v) is 5.83. The summed E-state index contributed by atoms with van der Waals surface area (Å²) in [5, 5.41) is 11.7. The second kappa shape index (κ2) is 7.51. The number of pyridine rings is 1. The Kier molecular flexibility index (Phi) is 5.12. The minimum Gasteiger partial charge on any atom is -0.478 e. The SMILES string of the molecule is O=C(O)c1cc(/C=C/c2cccc(NC(=O)C(F)(F)F)c2)nc2ccccc12. The average Bonchev–Trinajstić information content (AvgIpc) is 2.65. The second-order valence-electron chi connectivity index (χ2n) is 5.83. The number of benzene rings is 2. The fraction of sp³-hybridized carbons (Fsp3) is 0.0500. The van der Waals surface area contributed by atoms with E-state index in [0.717, 1.165) is 0 Å². The average molecular weight is 386 g/mol. The monoisotopic (exact) mass is 386 g/mol. The number of aromatic nitrogens is 1. The fourth-order valence-corrected chi connectivity index (χ4v) is 2.56. The maximum Gasteiger partial charge on any atom is 0.471 e. The van der Waals surface area contributed by atoms with Crippen molar-refractivity contribution in [3.05, 3.63) is 71.4 Å². The zero-order valence-corrected chi connectivity index (χ0v) is 14.2. The number of carbonyl (C=O) groups excluding carboxylic acids is 1. The maximum absolute atomic E-state index is 12.4. The number of fused-ring (bicyclic) bond motifs is 1. The lowest BCUT2D eigenvalue weighted by molar-refractivity contribution is -0.167. The number of hydrogen-bond donors (Lipinski definition) is 2. The summed E-state index contributed by atoms with van der Waals surface area (Å²) in [5.41, 5.74) is 1.47. The van der Waals surface area contributed by atoms with E-state index in [4.69, 9.17) is 0 Å². The molecule has 1 amide bonds. The van der Waals surface area contributed by atoms with Gasteiger partial charge in [0.05, 0.1) is 16.8 Å². The van der Waals surface area contributed by atoms with E-state index in [2.05, 4.69) is 4.98 Å². The minimum absolute atomic E-state index is 0.0119. The zero-order chi connectivity index (χ0) is 20.3. The van der Waals surface area contributed by atoms with Crippen LogP contribution in [0.2, 0.25) is 0 Å². The molecule has 0 spiro atoms. The topological polar surface area (TPSA) is 79.3 Å². The van der Waals surface area contributed by atoms with E-state index >= 15 is 0 Å². The molecule has 3 rings (SSSR count). The Bertz CT molecular complexity index is 1090. The molecule has 0 fully saturated rings. The molecule has 0 aliphatic carbocycles. The number of aromatic carboxylic acids is 1. The molecule has 0 aliphatic heterocycles. The van der Waals surface area contributed by atoms with Gasteiger partial charge in [-0.15, -0.1) is 0 Å². The molecule has 0 atom stereocenters. The first-order valence-electron chi connectivity index (χ1n) is 8.03. The summed E-state index contributed by atoms with van der Waals surface area (Å²) < 4.78 is 37.1. The number of hydrogen-bond acceptors (Lipinski definition) is 3. The third kappa shape index (κ3) is 4.35. The normalized spacial score (nSPS) is 11.7. The summed E-state index contributed by atoms with van der Waals surface area (Å²) in [5.74, 6) is -3.15. The largest absolute Gasteiger partial charge is 0.478 e. The third-order valence-electron chi connectivity index (χ3n) is 3.81. The Morgan fingerprint density at radius 1 is 1.00 bits per heavy atom. The van der Waals surface area contributed by atoms with Gasteiger partial charge in [0.1, 0.15) is 0 Å². The number of nitrogens with zero attached hydrogens (tertiary/aromatic N) is 1. The first-order valence-corrected chi connectivity index (χ1v) is 8.03. The number of nitrogens with one attached hydrogen (secondary N) is 1. The summed E-state index contributed by atoms with van der Waals surface area (Å²) in [6.45, 7) is 0. The molecular formula is C20H13F3N2O3. The molecule has 0 radical (unpaired) electrons. The van der Waals surface area contributed by atoms with E-state index in [1.807, 2.05) is 0 Å². The van der Waals surface area contributed by atoms with Crippen molar-refractivity contribution < 1.29 is 27.9 Å². The van der Waals surface area contributed by atoms with Gasteiger partial charge in [-0.2, -0.15) is 13.2 Å². The lowest BCUT2D eigenvalue weighted by atomic mass is 10.1. The Balaban J connectivity index is 1.89. The van der Waals surface area contributed by atoms with Crippen molar-refractivity contribution in [2.45, 2.75) is 6.18 Å². The van der Waals surface area contributed by atoms with Crippen LogP contribution in [0.3, 0.4) is 0 Å². The van der Waals surface area contributed by atoms with Crippen molar-refractivity contribution in [2.75, 3.05) is 5.32 Å². The van der Waals surface area contributed by atoms with Gasteiger partial charge in [0, 0.05) is 11.1 Å². The van der Waals surface area contributed by atoms with Crippen LogP contribution in [0.4, 0.5) is 18.9 Å². The van der Waals surface area contributed by atoms with Crippen molar-refractivity contribution in [2.24, 2.45) is 0 Å². The molecule has 0 saturated heterocycles. The lowest BCUT2D eigenvalue weighted by Crippen LogP contribution is -2.29. The van der Waals surface area contributed by atoms with Crippen LogP contribution in [-0.4, -0.2) is 28.1 Å². The van der Waals surface area contributed by atoms with Crippen molar-refractivity contribution in [3.8, 4) is 0 Å². The highest BCUT2D eigenvalue weighted by molar-refractivity contribution is 6.03. The van der Waals surface area contributed by atoms with Gasteiger partial charge in [-0.05, 0) is 35.9 Å². The Morgan fingerprint density at radius 2 is 1.75 bits per heavy atom. The van der Waals surface area contributed by atoms with Crippen LogP contribution in [-0.2, 0) is 4.79 Å². The molecule has 1 aromatic heterocycles. The van der Waals surface area contributed by atoms with E-state index < -0.39 is 18.1 Å². The van der Waals surface area contributed by atoms with Crippen LogP contribution < -0.4 is 5.32 Å². The Labute approximate surface area is 157 Å². The van der Waals surface area contributed by atoms with E-state index in [1.165, 1.54) is 24.3 Å². The van der Waals surface area contributed by atoms with Crippen LogP contribution in [0, 0.1) is 0 Å². The molecular weight excluding hydrogens is 373 g/mol. The maximum atomic E-state index is 12.4. The molecule has 5 nitrogen and oxygen atoms in total. The van der Waals surface area contributed by atoms with E-state index in [9.17, 15) is 27.9 Å². The molecule has 2 N–H and O–H groups in total. The molecule has 0 unspecified atom stereocenters. The number of amides is 1. The zero-order valence-electron chi connectivity index (χ0n) is 14.2. The van der Waals surface area contributed by atoms with Crippen LogP contribution in [0.15, 0.2) is 54.6 Å². The van der Waals surface area contributed by atoms with Gasteiger partial charge in [0.2, 0.25) is 0 Å². The first kappa shape index (κ1) is 19.1. The highest BCUT2D eigenvalue weighted by Gasteiger charge is 2.38. The predicted molar refractivity (Wildman–Crippen MR) is 98.8 cm³/mol. The van der Waals surface area contributed by atoms with Crippen LogP contribution in [0.1, 0.15) is 21.6 Å². The summed E-state index contributed by atoms with van der Waals surface area (Å²) in [6.07, 6.45) is -1.87. The van der Waals surface area contributed by atoms with Gasteiger partial charge in [0.25, 0.3) is 0 Å². The number of anilines is 1. The highest BCUT2D eigenvalue weighted by atomic mass is 19.4. The number of carboxylic acids is 1. The van der Waals surface area contributed by atoms with Gasteiger partial charge in [-0.3, -0.25) is 4.79 Å². The predicted octanol–water partition coefficient (Wildman–Crippen LogP) is 4.60. The van der Waals surface area contributed by atoms with Crippen LogP contribution in [0.5, 0.6) is 0 Å². The molecule has 0 aliphatic rings. The molecule has 0 saturated carbocycles. The van der Waals surface area contributed by atoms with E-state index in [-0.39, 0.29) is 11.3 Å². The number of rotatable bonds is 4. The highest BCUT2D eigenvalue weighted by Crippen LogP contribution is 2.21. The number of carbonyl (C=O) groups is 2. The summed E-state index contributed by atoms with van der Waals surface area (Å²) >= 11 is 0. The van der Waals surface area contributed by atoms with Gasteiger partial charge in [-0.25, -0.2) is 9.78 Å². The summed E-state index contributed by atoms with van der Waals surface area (Å²) in [7, 11) is 0. The summed E-state index contributed by atoms with van der Waals surface area (Å²) in [4.78, 5) is 26.9. The minimum atomic E-state index is -4.98. The van der Waals surface area contributed by atoms with Gasteiger partial charge in [-0.1, -0.05) is 36.4 Å². The van der Waals surface area contributed by atoms with E-state index in [1.54, 1.807) is 47.8 Å². The van der Waals surface area contributed by atoms with Crippen LogP contribution in [0.25, 0.3) is 23.1 Å². The Morgan fingerprint density at radius 3 is 2.46 bits per heavy atom. The number of carboxylic acid groups (broad SMARTS) is 1. The molecule has 0 bridgehead atoms. The van der Waals surface area contributed by atoms with Crippen molar-refractivity contribution in [1.29, 1.82) is 0 Å². The first-order chi connectivity index (χ1) is 13.2. The number of alkyl halides is 3.